The summed E-state index contributed by atoms with van der Waals surface area (Å²) in [6.07, 6.45) is 3.44. The van der Waals surface area contributed by atoms with E-state index in [9.17, 15) is 9.18 Å². The molecule has 2 aromatic rings. The summed E-state index contributed by atoms with van der Waals surface area (Å²) in [4.78, 5) is 21.3. The Hall–Kier alpha value is -2.96. The van der Waals surface area contributed by atoms with E-state index in [1.165, 1.54) is 13.2 Å². The third kappa shape index (κ3) is 4.12. The van der Waals surface area contributed by atoms with Crippen molar-refractivity contribution in [1.29, 1.82) is 0 Å². The predicted molar refractivity (Wildman–Crippen MR) is 89.9 cm³/mol. The monoisotopic (exact) mass is 343 g/mol. The summed E-state index contributed by atoms with van der Waals surface area (Å²) in [6.45, 7) is 0.312. The molecule has 1 aliphatic rings. The van der Waals surface area contributed by atoms with Gasteiger partial charge >= 0.3 is 0 Å². The van der Waals surface area contributed by atoms with Crippen LogP contribution in [0, 0.1) is 5.82 Å². The number of benzene rings is 1. The van der Waals surface area contributed by atoms with E-state index >= 15 is 0 Å². The third-order valence-corrected chi connectivity index (χ3v) is 3.93. The van der Waals surface area contributed by atoms with E-state index in [0.717, 1.165) is 5.56 Å². The first-order chi connectivity index (χ1) is 12.2. The number of ether oxygens (including phenoxy) is 1. The highest BCUT2D eigenvalue weighted by atomic mass is 19.1. The summed E-state index contributed by atoms with van der Waals surface area (Å²) in [6, 6.07) is 8.29. The lowest BCUT2D eigenvalue weighted by Gasteiger charge is -2.10. The second-order valence-corrected chi connectivity index (χ2v) is 5.57. The standard InChI is InChI=1S/C18H18FN3O3/c1-24-14-3-2-12(15(19)10-14)6-9-21-18(23)17-11-16(22-25-17)13-4-7-20-8-5-13/h2-5,7-8,10,17H,6,9,11H2,1H3,(H,21,23). The van der Waals surface area contributed by atoms with Gasteiger partial charge in [0.05, 0.1) is 12.8 Å². The molecule has 1 atom stereocenters. The molecule has 0 aliphatic carbocycles. The molecule has 7 heteroatoms. The van der Waals surface area contributed by atoms with Crippen molar-refractivity contribution < 1.29 is 18.8 Å². The highest BCUT2D eigenvalue weighted by Crippen LogP contribution is 2.17. The van der Waals surface area contributed by atoms with Crippen LogP contribution < -0.4 is 10.1 Å². The number of hydrogen-bond acceptors (Lipinski definition) is 5. The number of rotatable bonds is 6. The van der Waals surface area contributed by atoms with Gasteiger partial charge in [-0.3, -0.25) is 9.78 Å². The van der Waals surface area contributed by atoms with E-state index in [2.05, 4.69) is 15.5 Å². The fourth-order valence-electron chi connectivity index (χ4n) is 2.52. The summed E-state index contributed by atoms with van der Waals surface area (Å²) in [5.74, 6) is -0.152. The van der Waals surface area contributed by atoms with Crippen molar-refractivity contribution in [3.8, 4) is 5.75 Å². The lowest BCUT2D eigenvalue weighted by atomic mass is 10.1. The predicted octanol–water partition coefficient (Wildman–Crippen LogP) is 2.08. The molecule has 0 radical (unpaired) electrons. The third-order valence-electron chi connectivity index (χ3n) is 3.93. The Bertz CT molecular complexity index is 780. The minimum atomic E-state index is -0.663. The Morgan fingerprint density at radius 3 is 2.88 bits per heavy atom. The van der Waals surface area contributed by atoms with Gasteiger partial charge in [0.25, 0.3) is 5.91 Å². The first-order valence-electron chi connectivity index (χ1n) is 7.90. The molecule has 1 aromatic heterocycles. The van der Waals surface area contributed by atoms with E-state index in [1.807, 2.05) is 12.1 Å². The molecule has 3 rings (SSSR count). The number of nitrogens with one attached hydrogen (secondary N) is 1. The normalized spacial score (nSPS) is 16.1. The van der Waals surface area contributed by atoms with E-state index in [-0.39, 0.29) is 11.7 Å². The molecule has 2 heterocycles. The van der Waals surface area contributed by atoms with Crippen LogP contribution in [0.3, 0.4) is 0 Å². The van der Waals surface area contributed by atoms with Crippen LogP contribution in [0.1, 0.15) is 17.5 Å². The van der Waals surface area contributed by atoms with Crippen molar-refractivity contribution in [2.24, 2.45) is 5.16 Å². The molecule has 0 saturated carbocycles. The van der Waals surface area contributed by atoms with Gasteiger partial charge in [0.1, 0.15) is 11.6 Å². The van der Waals surface area contributed by atoms with Crippen molar-refractivity contribution in [2.75, 3.05) is 13.7 Å². The molecular formula is C18H18FN3O3. The average Bonchev–Trinajstić information content (AvgIpc) is 3.14. The van der Waals surface area contributed by atoms with Crippen molar-refractivity contribution in [2.45, 2.75) is 18.9 Å². The Kier molecular flexibility index (Phi) is 5.23. The second kappa shape index (κ2) is 7.74. The smallest absolute Gasteiger partial charge is 0.264 e. The van der Waals surface area contributed by atoms with E-state index in [4.69, 9.17) is 9.57 Å². The van der Waals surface area contributed by atoms with Crippen LogP contribution in [0.15, 0.2) is 47.9 Å². The highest BCUT2D eigenvalue weighted by molar-refractivity contribution is 6.03. The van der Waals surface area contributed by atoms with E-state index < -0.39 is 6.10 Å². The van der Waals surface area contributed by atoms with Crippen molar-refractivity contribution in [3.63, 3.8) is 0 Å². The number of oxime groups is 1. The van der Waals surface area contributed by atoms with Crippen LogP contribution in [0.4, 0.5) is 4.39 Å². The summed E-state index contributed by atoms with van der Waals surface area (Å²) in [7, 11) is 1.48. The molecule has 0 bridgehead atoms. The van der Waals surface area contributed by atoms with Gasteiger partial charge in [-0.25, -0.2) is 4.39 Å². The maximum absolute atomic E-state index is 13.9. The number of nitrogens with zero attached hydrogens (tertiary/aromatic N) is 2. The number of carbonyl (C=O) groups is 1. The minimum absolute atomic E-state index is 0.262. The zero-order chi connectivity index (χ0) is 17.6. The number of pyridine rings is 1. The lowest BCUT2D eigenvalue weighted by Crippen LogP contribution is -2.36. The van der Waals surface area contributed by atoms with E-state index in [1.54, 1.807) is 24.5 Å². The van der Waals surface area contributed by atoms with Gasteiger partial charge in [-0.05, 0) is 30.2 Å². The number of amides is 1. The molecule has 6 nitrogen and oxygen atoms in total. The number of halogens is 1. The fourth-order valence-corrected chi connectivity index (χ4v) is 2.52. The van der Waals surface area contributed by atoms with Gasteiger partial charge in [-0.1, -0.05) is 11.2 Å². The van der Waals surface area contributed by atoms with Crippen LogP contribution in [0.2, 0.25) is 0 Å². The van der Waals surface area contributed by atoms with E-state index in [0.29, 0.717) is 36.4 Å². The molecule has 0 spiro atoms. The molecule has 1 N–H and O–H groups in total. The van der Waals surface area contributed by atoms with Crippen LogP contribution in [0.5, 0.6) is 5.75 Å². The largest absolute Gasteiger partial charge is 0.497 e. The van der Waals surface area contributed by atoms with Crippen molar-refractivity contribution in [3.05, 3.63) is 59.7 Å². The van der Waals surface area contributed by atoms with Gasteiger partial charge in [0.15, 0.2) is 0 Å². The molecule has 130 valence electrons. The molecule has 0 saturated heterocycles. The van der Waals surface area contributed by atoms with Crippen LogP contribution in [-0.2, 0) is 16.1 Å². The Balaban J connectivity index is 1.48. The van der Waals surface area contributed by atoms with Crippen molar-refractivity contribution >= 4 is 11.6 Å². The zero-order valence-electron chi connectivity index (χ0n) is 13.7. The molecule has 0 fully saturated rings. The SMILES string of the molecule is COc1ccc(CCNC(=O)C2CC(c3ccncc3)=NO2)c(F)c1. The number of carbonyl (C=O) groups excluding carboxylic acids is 1. The Morgan fingerprint density at radius 1 is 1.36 bits per heavy atom. The summed E-state index contributed by atoms with van der Waals surface area (Å²) in [5.41, 5.74) is 2.11. The maximum Gasteiger partial charge on any atom is 0.264 e. The Labute approximate surface area is 144 Å². The van der Waals surface area contributed by atoms with Crippen LogP contribution >= 0.6 is 0 Å². The fraction of sp³-hybridized carbons (Fsp3) is 0.278. The highest BCUT2D eigenvalue weighted by Gasteiger charge is 2.28. The summed E-state index contributed by atoms with van der Waals surface area (Å²) >= 11 is 0. The van der Waals surface area contributed by atoms with Crippen LogP contribution in [0.25, 0.3) is 0 Å². The zero-order valence-corrected chi connectivity index (χ0v) is 13.7. The number of hydrogen-bond donors (Lipinski definition) is 1. The maximum atomic E-state index is 13.9. The quantitative estimate of drug-likeness (QED) is 0.872. The lowest BCUT2D eigenvalue weighted by molar-refractivity contribution is -0.131. The minimum Gasteiger partial charge on any atom is -0.497 e. The summed E-state index contributed by atoms with van der Waals surface area (Å²) in [5, 5.41) is 6.72. The summed E-state index contributed by atoms with van der Waals surface area (Å²) < 4.78 is 18.8. The molecule has 1 aromatic carbocycles. The molecule has 1 aliphatic heterocycles. The van der Waals surface area contributed by atoms with Gasteiger partial charge in [0.2, 0.25) is 6.10 Å². The van der Waals surface area contributed by atoms with Crippen LogP contribution in [-0.4, -0.2) is 36.4 Å². The van der Waals surface area contributed by atoms with Gasteiger partial charge in [-0.2, -0.15) is 0 Å². The second-order valence-electron chi connectivity index (χ2n) is 5.57. The van der Waals surface area contributed by atoms with Gasteiger partial charge in [-0.15, -0.1) is 0 Å². The molecule has 1 amide bonds. The number of aromatic nitrogens is 1. The Morgan fingerprint density at radius 2 is 2.16 bits per heavy atom. The molecule has 25 heavy (non-hydrogen) atoms. The molecule has 1 unspecified atom stereocenters. The molecular weight excluding hydrogens is 325 g/mol. The average molecular weight is 343 g/mol. The van der Waals surface area contributed by atoms with Gasteiger partial charge < -0.3 is 14.9 Å². The number of methoxy groups -OCH3 is 1. The first kappa shape index (κ1) is 16.9. The topological polar surface area (TPSA) is 72.8 Å². The first-order valence-corrected chi connectivity index (χ1v) is 7.90. The van der Waals surface area contributed by atoms with Crippen molar-refractivity contribution in [1.82, 2.24) is 10.3 Å². The van der Waals surface area contributed by atoms with Gasteiger partial charge in [0, 0.05) is 37.0 Å².